The van der Waals surface area contributed by atoms with Crippen LogP contribution in [0.1, 0.15) is 11.3 Å². The number of aryl methyl sites for hydroxylation is 1. The van der Waals surface area contributed by atoms with Gasteiger partial charge in [0.2, 0.25) is 5.91 Å². The first-order valence-corrected chi connectivity index (χ1v) is 7.53. The van der Waals surface area contributed by atoms with Gasteiger partial charge in [-0.3, -0.25) is 14.2 Å². The fourth-order valence-electron chi connectivity index (χ4n) is 2.26. The Bertz CT molecular complexity index is 823. The van der Waals surface area contributed by atoms with Gasteiger partial charge in [-0.05, 0) is 30.7 Å². The number of carbonyl (C=O) groups is 1. The molecule has 0 aliphatic carbocycles. The molecule has 0 aliphatic rings. The van der Waals surface area contributed by atoms with Crippen molar-refractivity contribution in [3.63, 3.8) is 0 Å². The molecule has 2 heterocycles. The first-order chi connectivity index (χ1) is 11.1. The number of anilines is 1. The second-order valence-corrected chi connectivity index (χ2v) is 5.70. The molecule has 0 fully saturated rings. The highest BCUT2D eigenvalue weighted by atomic mass is 35.5. The first kappa shape index (κ1) is 15.3. The van der Waals surface area contributed by atoms with Crippen molar-refractivity contribution in [1.29, 1.82) is 0 Å². The van der Waals surface area contributed by atoms with E-state index in [4.69, 9.17) is 11.6 Å². The van der Waals surface area contributed by atoms with Gasteiger partial charge in [-0.2, -0.15) is 10.2 Å². The number of amides is 1. The van der Waals surface area contributed by atoms with Crippen LogP contribution in [0.3, 0.4) is 0 Å². The quantitative estimate of drug-likeness (QED) is 0.782. The van der Waals surface area contributed by atoms with Crippen LogP contribution in [0.5, 0.6) is 0 Å². The lowest BCUT2D eigenvalue weighted by molar-refractivity contribution is -0.116. The number of aromatic nitrogens is 4. The standard InChI is InChI=1S/C16H16ClN5O/c1-12-5-6-21(20-12)11-16(23)19-15-4-2-3-13(7-15)9-22-10-14(17)8-18-22/h2-8,10H,9,11H2,1H3,(H,19,23). The Hall–Kier alpha value is -2.60. The maximum Gasteiger partial charge on any atom is 0.246 e. The van der Waals surface area contributed by atoms with Gasteiger partial charge in [0.1, 0.15) is 6.54 Å². The highest BCUT2D eigenvalue weighted by Crippen LogP contribution is 2.13. The van der Waals surface area contributed by atoms with Crippen molar-refractivity contribution in [3.8, 4) is 0 Å². The first-order valence-electron chi connectivity index (χ1n) is 7.15. The third-order valence-corrected chi connectivity index (χ3v) is 3.43. The molecule has 2 aromatic heterocycles. The molecule has 0 radical (unpaired) electrons. The summed E-state index contributed by atoms with van der Waals surface area (Å²) in [4.78, 5) is 12.1. The molecule has 1 N–H and O–H groups in total. The van der Waals surface area contributed by atoms with E-state index in [0.717, 1.165) is 16.9 Å². The van der Waals surface area contributed by atoms with Crippen LogP contribution < -0.4 is 5.32 Å². The third kappa shape index (κ3) is 4.20. The van der Waals surface area contributed by atoms with Crippen LogP contribution in [-0.2, 0) is 17.9 Å². The fraction of sp³-hybridized carbons (Fsp3) is 0.188. The molecule has 0 spiro atoms. The van der Waals surface area contributed by atoms with E-state index in [1.165, 1.54) is 0 Å². The average Bonchev–Trinajstić information content (AvgIpc) is 3.08. The van der Waals surface area contributed by atoms with Crippen molar-refractivity contribution in [2.45, 2.75) is 20.0 Å². The zero-order valence-corrected chi connectivity index (χ0v) is 13.4. The molecule has 0 saturated heterocycles. The van der Waals surface area contributed by atoms with Gasteiger partial charge in [-0.25, -0.2) is 0 Å². The molecule has 7 heteroatoms. The van der Waals surface area contributed by atoms with Crippen molar-refractivity contribution in [1.82, 2.24) is 19.6 Å². The lowest BCUT2D eigenvalue weighted by Crippen LogP contribution is -2.19. The van der Waals surface area contributed by atoms with Gasteiger partial charge in [0.25, 0.3) is 0 Å². The number of nitrogens with zero attached hydrogens (tertiary/aromatic N) is 4. The predicted octanol–water partition coefficient (Wildman–Crippen LogP) is 2.73. The van der Waals surface area contributed by atoms with Gasteiger partial charge in [0.15, 0.2) is 0 Å². The largest absolute Gasteiger partial charge is 0.324 e. The smallest absolute Gasteiger partial charge is 0.246 e. The van der Waals surface area contributed by atoms with E-state index < -0.39 is 0 Å². The Morgan fingerprint density at radius 2 is 2.17 bits per heavy atom. The minimum absolute atomic E-state index is 0.118. The van der Waals surface area contributed by atoms with E-state index in [2.05, 4.69) is 15.5 Å². The molecule has 0 aliphatic heterocycles. The predicted molar refractivity (Wildman–Crippen MR) is 88.4 cm³/mol. The van der Waals surface area contributed by atoms with Gasteiger partial charge in [0.05, 0.1) is 23.5 Å². The molecule has 1 aromatic carbocycles. The molecule has 23 heavy (non-hydrogen) atoms. The lowest BCUT2D eigenvalue weighted by Gasteiger charge is -2.08. The Balaban J connectivity index is 1.63. The van der Waals surface area contributed by atoms with Crippen LogP contribution in [0.25, 0.3) is 0 Å². The summed E-state index contributed by atoms with van der Waals surface area (Å²) in [6.45, 7) is 2.67. The highest BCUT2D eigenvalue weighted by molar-refractivity contribution is 6.30. The number of nitrogens with one attached hydrogen (secondary N) is 1. The number of rotatable bonds is 5. The SMILES string of the molecule is Cc1ccn(CC(=O)Nc2cccc(Cn3cc(Cl)cn3)c2)n1. The molecular weight excluding hydrogens is 314 g/mol. The molecule has 6 nitrogen and oxygen atoms in total. The number of hydrogen-bond donors (Lipinski definition) is 1. The maximum atomic E-state index is 12.1. The number of hydrogen-bond acceptors (Lipinski definition) is 3. The summed E-state index contributed by atoms with van der Waals surface area (Å²) >= 11 is 5.86. The van der Waals surface area contributed by atoms with Gasteiger partial charge >= 0.3 is 0 Å². The van der Waals surface area contributed by atoms with Crippen LogP contribution >= 0.6 is 11.6 Å². The van der Waals surface area contributed by atoms with E-state index in [1.54, 1.807) is 28.0 Å². The minimum Gasteiger partial charge on any atom is -0.324 e. The zero-order chi connectivity index (χ0) is 16.2. The molecule has 3 aromatic rings. The number of halogens is 1. The van der Waals surface area contributed by atoms with E-state index in [-0.39, 0.29) is 12.5 Å². The Labute approximate surface area is 138 Å². The topological polar surface area (TPSA) is 64.7 Å². The summed E-state index contributed by atoms with van der Waals surface area (Å²) in [5.74, 6) is -0.118. The van der Waals surface area contributed by atoms with E-state index in [0.29, 0.717) is 11.6 Å². The molecule has 0 bridgehead atoms. The molecule has 118 valence electrons. The summed E-state index contributed by atoms with van der Waals surface area (Å²) < 4.78 is 3.36. The second-order valence-electron chi connectivity index (χ2n) is 5.26. The van der Waals surface area contributed by atoms with Gasteiger partial charge < -0.3 is 5.32 Å². The van der Waals surface area contributed by atoms with Gasteiger partial charge in [-0.1, -0.05) is 23.7 Å². The lowest BCUT2D eigenvalue weighted by atomic mass is 10.2. The summed E-state index contributed by atoms with van der Waals surface area (Å²) in [5, 5.41) is 11.8. The Kier molecular flexibility index (Phi) is 4.43. The zero-order valence-electron chi connectivity index (χ0n) is 12.6. The van der Waals surface area contributed by atoms with Crippen LogP contribution in [-0.4, -0.2) is 25.5 Å². The maximum absolute atomic E-state index is 12.1. The minimum atomic E-state index is -0.118. The summed E-state index contributed by atoms with van der Waals surface area (Å²) in [5.41, 5.74) is 2.66. The molecule has 0 unspecified atom stereocenters. The molecular formula is C16H16ClN5O. The third-order valence-electron chi connectivity index (χ3n) is 3.24. The normalized spacial score (nSPS) is 10.7. The molecule has 0 atom stereocenters. The van der Waals surface area contributed by atoms with Crippen molar-refractivity contribution < 1.29 is 4.79 Å². The van der Waals surface area contributed by atoms with Crippen molar-refractivity contribution >= 4 is 23.2 Å². The molecule has 3 rings (SSSR count). The summed E-state index contributed by atoms with van der Waals surface area (Å²) in [6.07, 6.45) is 5.14. The van der Waals surface area contributed by atoms with Crippen molar-refractivity contribution in [2.75, 3.05) is 5.32 Å². The number of benzene rings is 1. The van der Waals surface area contributed by atoms with E-state index in [9.17, 15) is 4.79 Å². The van der Waals surface area contributed by atoms with Gasteiger partial charge in [0, 0.05) is 18.1 Å². The summed E-state index contributed by atoms with van der Waals surface area (Å²) in [7, 11) is 0. The summed E-state index contributed by atoms with van der Waals surface area (Å²) in [6, 6.07) is 9.51. The monoisotopic (exact) mass is 329 g/mol. The second kappa shape index (κ2) is 6.66. The highest BCUT2D eigenvalue weighted by Gasteiger charge is 2.06. The Morgan fingerprint density at radius 3 is 2.87 bits per heavy atom. The number of carbonyl (C=O) groups excluding carboxylic acids is 1. The van der Waals surface area contributed by atoms with Gasteiger partial charge in [-0.15, -0.1) is 0 Å². The van der Waals surface area contributed by atoms with Crippen LogP contribution in [0, 0.1) is 6.92 Å². The van der Waals surface area contributed by atoms with Crippen molar-refractivity contribution in [2.24, 2.45) is 0 Å². The fourth-order valence-corrected chi connectivity index (χ4v) is 2.41. The van der Waals surface area contributed by atoms with Crippen LogP contribution in [0.4, 0.5) is 5.69 Å². The van der Waals surface area contributed by atoms with E-state index in [1.807, 2.05) is 37.3 Å². The Morgan fingerprint density at radius 1 is 1.30 bits per heavy atom. The van der Waals surface area contributed by atoms with Crippen LogP contribution in [0.2, 0.25) is 5.02 Å². The molecule has 1 amide bonds. The van der Waals surface area contributed by atoms with E-state index >= 15 is 0 Å². The van der Waals surface area contributed by atoms with Crippen molar-refractivity contribution in [3.05, 3.63) is 65.2 Å². The van der Waals surface area contributed by atoms with Crippen LogP contribution in [0.15, 0.2) is 48.9 Å². The average molecular weight is 330 g/mol. The molecule has 0 saturated carbocycles.